The fraction of sp³-hybridized carbons (Fsp3) is 0.350. The lowest BCUT2D eigenvalue weighted by atomic mass is 9.94. The van der Waals surface area contributed by atoms with Crippen molar-refractivity contribution in [3.8, 4) is 0 Å². The molecule has 2 amide bonds. The lowest BCUT2D eigenvalue weighted by molar-refractivity contribution is -0.137. The third-order valence-corrected chi connectivity index (χ3v) is 4.64. The molecule has 0 unspecified atom stereocenters. The molecule has 0 spiro atoms. The lowest BCUT2D eigenvalue weighted by Crippen LogP contribution is -2.42. The van der Waals surface area contributed by atoms with Crippen molar-refractivity contribution in [2.45, 2.75) is 6.42 Å². The van der Waals surface area contributed by atoms with E-state index in [2.05, 4.69) is 0 Å². The van der Waals surface area contributed by atoms with Crippen molar-refractivity contribution in [1.82, 2.24) is 9.80 Å². The van der Waals surface area contributed by atoms with Crippen LogP contribution in [0.3, 0.4) is 0 Å². The second-order valence-electron chi connectivity index (χ2n) is 6.53. The Hall–Kier alpha value is -2.77. The summed E-state index contributed by atoms with van der Waals surface area (Å²) in [4.78, 5) is 39.1. The van der Waals surface area contributed by atoms with Gasteiger partial charge in [0, 0.05) is 29.6 Å². The predicted molar refractivity (Wildman–Crippen MR) is 99.9 cm³/mol. The van der Waals surface area contributed by atoms with E-state index in [1.807, 2.05) is 36.2 Å². The van der Waals surface area contributed by atoms with E-state index in [9.17, 15) is 14.4 Å². The van der Waals surface area contributed by atoms with Crippen LogP contribution in [-0.2, 0) is 9.53 Å². The molecule has 0 radical (unpaired) electrons. The third kappa shape index (κ3) is 4.15. The Bertz CT molecular complexity index is 829. The predicted octanol–water partition coefficient (Wildman–Crippen LogP) is 1.86. The minimum atomic E-state index is -0.833. The van der Waals surface area contributed by atoms with E-state index in [4.69, 9.17) is 9.84 Å². The summed E-state index contributed by atoms with van der Waals surface area (Å²) in [5.74, 6) is -1.43. The number of amides is 2. The molecule has 1 N–H and O–H groups in total. The lowest BCUT2D eigenvalue weighted by Gasteiger charge is -2.27. The zero-order valence-corrected chi connectivity index (χ0v) is 15.2. The van der Waals surface area contributed by atoms with Gasteiger partial charge in [-0.3, -0.25) is 19.3 Å². The highest BCUT2D eigenvalue weighted by atomic mass is 16.5. The molecule has 0 saturated heterocycles. The zero-order chi connectivity index (χ0) is 19.4. The molecule has 0 aromatic heterocycles. The van der Waals surface area contributed by atoms with Crippen LogP contribution in [-0.4, -0.2) is 72.6 Å². The molecular formula is C20H22N2O5. The summed E-state index contributed by atoms with van der Waals surface area (Å²) in [6.07, 6.45) is 0.0816. The topological polar surface area (TPSA) is 87.2 Å². The fourth-order valence-corrected chi connectivity index (χ4v) is 3.16. The van der Waals surface area contributed by atoms with Gasteiger partial charge in [-0.2, -0.15) is 0 Å². The van der Waals surface area contributed by atoms with Crippen LogP contribution < -0.4 is 0 Å². The number of hydrogen-bond acceptors (Lipinski definition) is 5. The van der Waals surface area contributed by atoms with Crippen molar-refractivity contribution in [2.24, 2.45) is 0 Å². The Morgan fingerprint density at radius 3 is 2.26 bits per heavy atom. The van der Waals surface area contributed by atoms with E-state index in [0.29, 0.717) is 36.2 Å². The van der Waals surface area contributed by atoms with Crippen LogP contribution in [0.4, 0.5) is 0 Å². The summed E-state index contributed by atoms with van der Waals surface area (Å²) >= 11 is 0. The van der Waals surface area contributed by atoms with E-state index < -0.39 is 5.97 Å². The number of benzene rings is 2. The SMILES string of the molecule is CN(CCOCCN1C(=O)c2cccc3cccc(c23)C1=O)CCC(=O)O. The number of aliphatic carboxylic acids is 1. The number of ether oxygens (including phenoxy) is 1. The van der Waals surface area contributed by atoms with Gasteiger partial charge in [-0.05, 0) is 24.6 Å². The first-order valence-corrected chi connectivity index (χ1v) is 8.85. The quantitative estimate of drug-likeness (QED) is 0.536. The highest BCUT2D eigenvalue weighted by Gasteiger charge is 2.32. The van der Waals surface area contributed by atoms with Gasteiger partial charge in [-0.25, -0.2) is 0 Å². The minimum absolute atomic E-state index is 0.0816. The number of carbonyl (C=O) groups is 3. The molecule has 1 heterocycles. The van der Waals surface area contributed by atoms with Crippen molar-refractivity contribution < 1.29 is 24.2 Å². The number of carboxylic acids is 1. The molecule has 7 heteroatoms. The second kappa shape index (κ2) is 8.28. The molecule has 1 aliphatic rings. The Balaban J connectivity index is 1.55. The summed E-state index contributed by atoms with van der Waals surface area (Å²) in [6.45, 7) is 1.85. The monoisotopic (exact) mass is 370 g/mol. The van der Waals surface area contributed by atoms with Crippen LogP contribution in [0.25, 0.3) is 10.8 Å². The van der Waals surface area contributed by atoms with E-state index in [1.54, 1.807) is 12.1 Å². The maximum Gasteiger partial charge on any atom is 0.304 e. The van der Waals surface area contributed by atoms with Crippen LogP contribution in [0, 0.1) is 0 Å². The molecule has 0 bridgehead atoms. The van der Waals surface area contributed by atoms with Gasteiger partial charge in [0.05, 0.1) is 26.2 Å². The summed E-state index contributed by atoms with van der Waals surface area (Å²) in [5, 5.41) is 10.3. The first-order valence-electron chi connectivity index (χ1n) is 8.85. The Labute approximate surface area is 157 Å². The van der Waals surface area contributed by atoms with Gasteiger partial charge in [0.1, 0.15) is 0 Å². The highest BCUT2D eigenvalue weighted by Crippen LogP contribution is 2.29. The smallest absolute Gasteiger partial charge is 0.304 e. The number of imide groups is 1. The van der Waals surface area contributed by atoms with Crippen molar-refractivity contribution in [3.05, 3.63) is 47.5 Å². The van der Waals surface area contributed by atoms with Gasteiger partial charge in [0.2, 0.25) is 0 Å². The molecule has 0 fully saturated rings. The average Bonchev–Trinajstić information content (AvgIpc) is 2.66. The maximum atomic E-state index is 12.7. The molecule has 27 heavy (non-hydrogen) atoms. The molecule has 0 saturated carbocycles. The van der Waals surface area contributed by atoms with Gasteiger partial charge < -0.3 is 14.7 Å². The average molecular weight is 370 g/mol. The summed E-state index contributed by atoms with van der Waals surface area (Å²) < 4.78 is 5.54. The highest BCUT2D eigenvalue weighted by molar-refractivity contribution is 6.25. The molecule has 0 atom stereocenters. The van der Waals surface area contributed by atoms with Gasteiger partial charge in [-0.1, -0.05) is 24.3 Å². The van der Waals surface area contributed by atoms with Gasteiger partial charge in [0.25, 0.3) is 11.8 Å². The summed E-state index contributed by atoms with van der Waals surface area (Å²) in [7, 11) is 1.82. The van der Waals surface area contributed by atoms with E-state index in [1.165, 1.54) is 4.90 Å². The van der Waals surface area contributed by atoms with E-state index in [0.717, 1.165) is 5.39 Å². The zero-order valence-electron chi connectivity index (χ0n) is 15.2. The third-order valence-electron chi connectivity index (χ3n) is 4.64. The van der Waals surface area contributed by atoms with Gasteiger partial charge in [-0.15, -0.1) is 0 Å². The standard InChI is InChI=1S/C20H22N2O5/c1-21(9-8-17(23)24)10-12-27-13-11-22-19(25)15-6-2-4-14-5-3-7-16(18(14)15)20(22)26/h2-7H,8-13H2,1H3,(H,23,24). The second-order valence-corrected chi connectivity index (χ2v) is 6.53. The van der Waals surface area contributed by atoms with E-state index in [-0.39, 0.29) is 31.4 Å². The van der Waals surface area contributed by atoms with Gasteiger partial charge in [0.15, 0.2) is 0 Å². The molecule has 2 aromatic rings. The molecule has 2 aromatic carbocycles. The van der Waals surface area contributed by atoms with Crippen molar-refractivity contribution in [1.29, 1.82) is 0 Å². The molecule has 3 rings (SSSR count). The van der Waals surface area contributed by atoms with Crippen LogP contribution in [0.1, 0.15) is 27.1 Å². The number of carboxylic acid groups (broad SMARTS) is 1. The first kappa shape index (κ1) is 19.0. The van der Waals surface area contributed by atoms with Crippen LogP contribution in [0.2, 0.25) is 0 Å². The molecule has 1 aliphatic heterocycles. The number of carbonyl (C=O) groups excluding carboxylic acids is 2. The van der Waals surface area contributed by atoms with Gasteiger partial charge >= 0.3 is 5.97 Å². The molecular weight excluding hydrogens is 348 g/mol. The Morgan fingerprint density at radius 2 is 1.67 bits per heavy atom. The number of likely N-dealkylation sites (N-methyl/N-ethyl adjacent to an activating group) is 1. The summed E-state index contributed by atoms with van der Waals surface area (Å²) in [5.41, 5.74) is 1.08. The van der Waals surface area contributed by atoms with Crippen LogP contribution in [0.15, 0.2) is 36.4 Å². The van der Waals surface area contributed by atoms with Crippen LogP contribution >= 0.6 is 0 Å². The van der Waals surface area contributed by atoms with Crippen molar-refractivity contribution in [2.75, 3.05) is 39.9 Å². The number of hydrogen-bond donors (Lipinski definition) is 1. The Morgan fingerprint density at radius 1 is 1.04 bits per heavy atom. The molecule has 7 nitrogen and oxygen atoms in total. The molecule has 0 aliphatic carbocycles. The first-order chi connectivity index (χ1) is 13.0. The maximum absolute atomic E-state index is 12.7. The van der Waals surface area contributed by atoms with Crippen LogP contribution in [0.5, 0.6) is 0 Å². The Kier molecular flexibility index (Phi) is 5.83. The number of rotatable bonds is 9. The fourth-order valence-electron chi connectivity index (χ4n) is 3.16. The number of nitrogens with zero attached hydrogens (tertiary/aromatic N) is 2. The minimum Gasteiger partial charge on any atom is -0.481 e. The van der Waals surface area contributed by atoms with Crippen molar-refractivity contribution >= 4 is 28.6 Å². The normalized spacial score (nSPS) is 13.6. The van der Waals surface area contributed by atoms with E-state index >= 15 is 0 Å². The summed E-state index contributed by atoms with van der Waals surface area (Å²) in [6, 6.07) is 10.9. The molecule has 142 valence electrons. The van der Waals surface area contributed by atoms with Crippen molar-refractivity contribution in [3.63, 3.8) is 0 Å². The largest absolute Gasteiger partial charge is 0.481 e.